The minimum absolute atomic E-state index is 0.0188. The zero-order valence-corrected chi connectivity index (χ0v) is 35.4. The average molecular weight is 790 g/mol. The molecule has 2 aliphatic heterocycles. The van der Waals surface area contributed by atoms with Gasteiger partial charge in [-0.3, -0.25) is 4.79 Å². The van der Waals surface area contributed by atoms with Crippen molar-refractivity contribution in [2.45, 2.75) is 136 Å². The van der Waals surface area contributed by atoms with E-state index in [-0.39, 0.29) is 67.0 Å². The zero-order valence-electron chi connectivity index (χ0n) is 35.4. The molecule has 0 radical (unpaired) electrons. The van der Waals surface area contributed by atoms with Crippen LogP contribution in [-0.4, -0.2) is 90.7 Å². The Kier molecular flexibility index (Phi) is 11.5. The van der Waals surface area contributed by atoms with E-state index in [0.29, 0.717) is 5.92 Å². The number of carbonyl (C=O) groups excluding carboxylic acids is 4. The molecule has 2 aromatic rings. The van der Waals surface area contributed by atoms with E-state index >= 15 is 4.79 Å². The summed E-state index contributed by atoms with van der Waals surface area (Å²) < 4.78 is 36.7. The molecule has 2 heterocycles. The number of carbonyl (C=O) groups is 4. The summed E-state index contributed by atoms with van der Waals surface area (Å²) in [6.45, 7) is 19.4. The smallest absolute Gasteiger partial charge is 0.482 e. The lowest BCUT2D eigenvalue weighted by molar-refractivity contribution is -0.199. The van der Waals surface area contributed by atoms with Gasteiger partial charge in [0.2, 0.25) is 0 Å². The second-order valence-electron chi connectivity index (χ2n) is 18.8. The first-order valence-electron chi connectivity index (χ1n) is 20.1. The summed E-state index contributed by atoms with van der Waals surface area (Å²) in [6, 6.07) is 14.2. The second kappa shape index (κ2) is 15.5. The molecule has 3 saturated carbocycles. The van der Waals surface area contributed by atoms with Crippen LogP contribution in [0.3, 0.4) is 0 Å². The van der Waals surface area contributed by atoms with Crippen molar-refractivity contribution in [3.05, 3.63) is 59.7 Å². The fourth-order valence-corrected chi connectivity index (χ4v) is 9.14. The minimum Gasteiger partial charge on any atom is -0.494 e. The Balaban J connectivity index is 1.40. The molecule has 0 aromatic heterocycles. The highest BCUT2D eigenvalue weighted by Crippen LogP contribution is 2.66. The van der Waals surface area contributed by atoms with Gasteiger partial charge >= 0.3 is 25.3 Å². The molecule has 1 N–H and O–H groups in total. The van der Waals surface area contributed by atoms with Crippen molar-refractivity contribution in [1.29, 1.82) is 0 Å². The van der Waals surface area contributed by atoms with Gasteiger partial charge in [0.1, 0.15) is 28.9 Å². The van der Waals surface area contributed by atoms with E-state index in [0.717, 1.165) is 18.4 Å². The van der Waals surface area contributed by atoms with E-state index in [9.17, 15) is 14.4 Å². The van der Waals surface area contributed by atoms with Crippen LogP contribution >= 0.6 is 0 Å². The molecule has 2 saturated heterocycles. The number of hydrogen-bond donors (Lipinski definition) is 1. The van der Waals surface area contributed by atoms with E-state index in [2.05, 4.69) is 26.1 Å². The van der Waals surface area contributed by atoms with Crippen LogP contribution in [0.15, 0.2) is 48.5 Å². The highest BCUT2D eigenvalue weighted by atomic mass is 16.7. The van der Waals surface area contributed by atoms with Crippen molar-refractivity contribution in [2.24, 2.45) is 17.3 Å². The van der Waals surface area contributed by atoms with Gasteiger partial charge in [0.05, 0.1) is 30.4 Å². The van der Waals surface area contributed by atoms with E-state index in [4.69, 9.17) is 28.3 Å². The van der Waals surface area contributed by atoms with E-state index < -0.39 is 59.5 Å². The Morgan fingerprint density at radius 3 is 2.18 bits per heavy atom. The second-order valence-corrected chi connectivity index (χ2v) is 18.8. The van der Waals surface area contributed by atoms with Crippen molar-refractivity contribution in [2.75, 3.05) is 25.1 Å². The van der Waals surface area contributed by atoms with Gasteiger partial charge in [-0.25, -0.2) is 14.4 Å². The molecule has 5 fully saturated rings. The third-order valence-electron chi connectivity index (χ3n) is 12.3. The van der Waals surface area contributed by atoms with E-state index in [1.807, 2.05) is 37.3 Å². The van der Waals surface area contributed by atoms with Crippen molar-refractivity contribution in [3.8, 4) is 5.75 Å². The van der Waals surface area contributed by atoms with Gasteiger partial charge in [-0.1, -0.05) is 50.2 Å². The van der Waals surface area contributed by atoms with Crippen LogP contribution in [-0.2, 0) is 34.9 Å². The molecule has 5 atom stereocenters. The average Bonchev–Trinajstić information content (AvgIpc) is 3.50. The summed E-state index contributed by atoms with van der Waals surface area (Å²) in [6.07, 6.45) is 0.469. The third-order valence-corrected chi connectivity index (χ3v) is 12.3. The molecule has 2 aromatic carbocycles. The fourth-order valence-electron chi connectivity index (χ4n) is 9.14. The monoisotopic (exact) mass is 789 g/mol. The molecule has 310 valence electrons. The number of ether oxygens (including phenoxy) is 4. The molecule has 3 aliphatic carbocycles. The quantitative estimate of drug-likeness (QED) is 0.156. The molecule has 13 nitrogen and oxygen atoms in total. The van der Waals surface area contributed by atoms with E-state index in [1.54, 1.807) is 59.7 Å². The van der Waals surface area contributed by atoms with Crippen molar-refractivity contribution in [1.82, 2.24) is 10.2 Å². The number of benzene rings is 2. The Hall–Kier alpha value is -4.30. The van der Waals surface area contributed by atoms with Gasteiger partial charge in [0.25, 0.3) is 5.91 Å². The number of amides is 3. The Labute approximate surface area is 337 Å². The molecule has 5 aliphatic rings. The first-order chi connectivity index (χ1) is 26.6. The standard InChI is InChI=1S/C43H60BN3O10/c1-27(44-56-33-25-29-24-32(41(29,8)9)42(33,10)57-44)47(31-19-15-18-30(34(31)52-11)35(48)54-39(2,3)4)36(49)43(45-37(50)53-26-28-16-13-12-14-17-28)20-22-46(23-21-43)38(51)55-40(5,6)7/h12-19,27,29,32-33H,20-26H2,1-11H3,(H,45,50). The fraction of sp³-hybridized carbons (Fsp3) is 0.628. The molecule has 5 unspecified atom stereocenters. The minimum atomic E-state index is -1.58. The number of nitrogens with one attached hydrogen (secondary N) is 1. The lowest BCUT2D eigenvalue weighted by Gasteiger charge is -2.64. The van der Waals surface area contributed by atoms with Gasteiger partial charge in [-0.05, 0) is 116 Å². The van der Waals surface area contributed by atoms with Crippen LogP contribution in [0.5, 0.6) is 5.75 Å². The van der Waals surface area contributed by atoms with Crippen LogP contribution < -0.4 is 15.0 Å². The van der Waals surface area contributed by atoms with Crippen molar-refractivity contribution in [3.63, 3.8) is 0 Å². The van der Waals surface area contributed by atoms with Crippen LogP contribution in [0.2, 0.25) is 0 Å². The van der Waals surface area contributed by atoms with Crippen LogP contribution in [0, 0.1) is 17.3 Å². The number of methoxy groups -OCH3 is 1. The largest absolute Gasteiger partial charge is 0.494 e. The van der Waals surface area contributed by atoms with Gasteiger partial charge < -0.3 is 43.4 Å². The predicted octanol–water partition coefficient (Wildman–Crippen LogP) is 7.34. The maximum Gasteiger partial charge on any atom is 0.482 e. The summed E-state index contributed by atoms with van der Waals surface area (Å²) in [7, 11) is 0.569. The number of alkyl carbamates (subject to hydrolysis) is 1. The van der Waals surface area contributed by atoms with Crippen molar-refractivity contribution < 1.29 is 47.4 Å². The Morgan fingerprint density at radius 1 is 0.930 bits per heavy atom. The van der Waals surface area contributed by atoms with Gasteiger partial charge in [0, 0.05) is 13.1 Å². The number of rotatable bonds is 9. The number of hydrogen-bond acceptors (Lipinski definition) is 10. The van der Waals surface area contributed by atoms with Crippen LogP contribution in [0.4, 0.5) is 15.3 Å². The molecular weight excluding hydrogens is 729 g/mol. The first-order valence-corrected chi connectivity index (χ1v) is 20.1. The summed E-state index contributed by atoms with van der Waals surface area (Å²) in [5.41, 5.74) is -2.44. The van der Waals surface area contributed by atoms with E-state index in [1.165, 1.54) is 16.9 Å². The van der Waals surface area contributed by atoms with Crippen molar-refractivity contribution >= 4 is 36.9 Å². The molecule has 2 bridgehead atoms. The highest BCUT2D eigenvalue weighted by molar-refractivity contribution is 6.49. The SMILES string of the molecule is COc1c(C(=O)OC(C)(C)C)cccc1N(C(=O)C1(NC(=O)OCc2ccccc2)CCN(C(=O)OC(C)(C)C)CC1)C(C)B1OC2CC3CC(C3(C)C)C2(C)O1. The van der Waals surface area contributed by atoms with Crippen LogP contribution in [0.1, 0.15) is 111 Å². The molecule has 57 heavy (non-hydrogen) atoms. The number of esters is 1. The highest BCUT2D eigenvalue weighted by Gasteiger charge is 2.69. The molecule has 0 spiro atoms. The zero-order chi connectivity index (χ0) is 41.7. The Bertz CT molecular complexity index is 1830. The summed E-state index contributed by atoms with van der Waals surface area (Å²) in [4.78, 5) is 59.4. The lowest BCUT2D eigenvalue weighted by atomic mass is 9.43. The van der Waals surface area contributed by atoms with Gasteiger partial charge in [-0.2, -0.15) is 0 Å². The molecule has 7 rings (SSSR count). The first kappa shape index (κ1) is 42.3. The maximum atomic E-state index is 15.7. The number of para-hydroxylation sites is 1. The maximum absolute atomic E-state index is 15.7. The van der Waals surface area contributed by atoms with Gasteiger partial charge in [0.15, 0.2) is 5.75 Å². The normalized spacial score (nSPS) is 25.3. The molecule has 14 heteroatoms. The third kappa shape index (κ3) is 8.48. The van der Waals surface area contributed by atoms with Gasteiger partial charge in [-0.15, -0.1) is 0 Å². The molecule has 3 amide bonds. The lowest BCUT2D eigenvalue weighted by Crippen LogP contribution is -2.67. The number of anilines is 1. The number of nitrogens with zero attached hydrogens (tertiary/aromatic N) is 2. The Morgan fingerprint density at radius 2 is 1.58 bits per heavy atom. The summed E-state index contributed by atoms with van der Waals surface area (Å²) >= 11 is 0. The summed E-state index contributed by atoms with van der Waals surface area (Å²) in [5.74, 6) is -1.03. The topological polar surface area (TPSA) is 142 Å². The number of piperidine rings is 1. The predicted molar refractivity (Wildman–Crippen MR) is 215 cm³/mol. The number of likely N-dealkylation sites (tertiary alicyclic amines) is 1. The summed E-state index contributed by atoms with van der Waals surface area (Å²) in [5, 5.41) is 2.95. The van der Waals surface area contributed by atoms with Crippen LogP contribution in [0.25, 0.3) is 0 Å². The molecular formula is C43H60BN3O10.